The molecule has 0 aliphatic carbocycles. The zero-order valence-electron chi connectivity index (χ0n) is 24.1. The predicted molar refractivity (Wildman–Crippen MR) is 145 cm³/mol. The van der Waals surface area contributed by atoms with Crippen molar-refractivity contribution in [3.8, 4) is 17.2 Å². The van der Waals surface area contributed by atoms with E-state index in [1.54, 1.807) is 0 Å². The molecule has 2 rings (SSSR count). The van der Waals surface area contributed by atoms with E-state index in [0.717, 1.165) is 38.5 Å². The van der Waals surface area contributed by atoms with Crippen molar-refractivity contribution in [2.75, 3.05) is 13.2 Å². The molecule has 0 aromatic heterocycles. The third-order valence-corrected chi connectivity index (χ3v) is 6.22. The zero-order chi connectivity index (χ0) is 30.7. The van der Waals surface area contributed by atoms with Gasteiger partial charge in [-0.15, -0.1) is 0 Å². The van der Waals surface area contributed by atoms with Crippen molar-refractivity contribution in [2.24, 2.45) is 5.41 Å². The first-order valence-electron chi connectivity index (χ1n) is 13.1. The van der Waals surface area contributed by atoms with Gasteiger partial charge in [-0.25, -0.2) is 4.79 Å². The molecule has 41 heavy (non-hydrogen) atoms. The fraction of sp³-hybridized carbons (Fsp3) is 0.433. The van der Waals surface area contributed by atoms with Gasteiger partial charge in [-0.1, -0.05) is 44.2 Å². The summed E-state index contributed by atoms with van der Waals surface area (Å²) in [5.41, 5.74) is 0.0721. The van der Waals surface area contributed by atoms with Crippen LogP contribution in [0.5, 0.6) is 17.2 Å². The molecule has 3 atom stereocenters. The quantitative estimate of drug-likeness (QED) is 0.272. The molecule has 0 radical (unpaired) electrons. The maximum atomic E-state index is 12.9. The molecule has 1 N–H and O–H groups in total. The molecule has 222 valence electrons. The Morgan fingerprint density at radius 1 is 0.829 bits per heavy atom. The van der Waals surface area contributed by atoms with Gasteiger partial charge in [0.25, 0.3) is 0 Å². The normalized spacial score (nSPS) is 13.6. The Morgan fingerprint density at radius 2 is 1.34 bits per heavy atom. The fourth-order valence-electron chi connectivity index (χ4n) is 4.00. The van der Waals surface area contributed by atoms with Gasteiger partial charge in [0.05, 0.1) is 11.0 Å². The minimum Gasteiger partial charge on any atom is -0.462 e. The highest BCUT2D eigenvalue weighted by atomic mass is 16.6. The maximum Gasteiger partial charge on any atom is 0.338 e. The number of benzene rings is 2. The van der Waals surface area contributed by atoms with Gasteiger partial charge in [0.2, 0.25) is 5.75 Å². The van der Waals surface area contributed by atoms with E-state index in [1.165, 1.54) is 0 Å². The number of ether oxygens (including phenoxy) is 5. The molecule has 0 spiro atoms. The highest BCUT2D eigenvalue weighted by Gasteiger charge is 2.35. The van der Waals surface area contributed by atoms with Crippen molar-refractivity contribution in [2.45, 2.75) is 66.4 Å². The van der Waals surface area contributed by atoms with Crippen LogP contribution in [0, 0.1) is 5.41 Å². The molecule has 11 nitrogen and oxygen atoms in total. The number of hydrogen-bond donors (Lipinski definition) is 1. The molecule has 0 fully saturated rings. The molecular formula is C30H36O11. The Balaban J connectivity index is 2.07. The highest BCUT2D eigenvalue weighted by molar-refractivity contribution is 5.92. The van der Waals surface area contributed by atoms with E-state index in [1.807, 2.05) is 51.1 Å². The molecule has 2 aromatic carbocycles. The van der Waals surface area contributed by atoms with Gasteiger partial charge in [-0.2, -0.15) is 0 Å². The molecule has 0 saturated heterocycles. The van der Waals surface area contributed by atoms with Crippen molar-refractivity contribution in [1.82, 2.24) is 0 Å². The van der Waals surface area contributed by atoms with E-state index in [0.29, 0.717) is 12.8 Å². The van der Waals surface area contributed by atoms with Gasteiger partial charge in [-0.05, 0) is 43.4 Å². The van der Waals surface area contributed by atoms with E-state index in [2.05, 4.69) is 0 Å². The minimum absolute atomic E-state index is 0.0977. The van der Waals surface area contributed by atoms with E-state index >= 15 is 0 Å². The van der Waals surface area contributed by atoms with Crippen molar-refractivity contribution in [1.29, 1.82) is 0 Å². The van der Waals surface area contributed by atoms with Gasteiger partial charge in [-0.3, -0.25) is 19.2 Å². The number of aliphatic hydroxyl groups is 1. The second-order valence-corrected chi connectivity index (χ2v) is 9.86. The summed E-state index contributed by atoms with van der Waals surface area (Å²) >= 11 is 0. The lowest BCUT2D eigenvalue weighted by atomic mass is 9.77. The molecule has 2 aromatic rings. The average Bonchev–Trinajstić information content (AvgIpc) is 2.91. The van der Waals surface area contributed by atoms with Crippen molar-refractivity contribution >= 4 is 29.8 Å². The fourth-order valence-corrected chi connectivity index (χ4v) is 4.00. The average molecular weight is 573 g/mol. The SMILES string of the molecule is CCC(C)(CC(C)c1ccccc1)C(=O)OCC(O)COC(=O)c1cc(OC(C)=O)c(OC(C)=O)c(OC(C)=O)c1. The lowest BCUT2D eigenvalue weighted by molar-refractivity contribution is -0.159. The topological polar surface area (TPSA) is 152 Å². The summed E-state index contributed by atoms with van der Waals surface area (Å²) in [6.45, 7) is 8.02. The minimum atomic E-state index is -1.34. The van der Waals surface area contributed by atoms with Crippen LogP contribution >= 0.6 is 0 Å². The Morgan fingerprint density at radius 3 is 1.83 bits per heavy atom. The first-order valence-corrected chi connectivity index (χ1v) is 13.1. The molecule has 11 heteroatoms. The van der Waals surface area contributed by atoms with Gasteiger partial charge in [0.1, 0.15) is 19.3 Å². The third kappa shape index (κ3) is 10.0. The molecule has 3 unspecified atom stereocenters. The van der Waals surface area contributed by atoms with Crippen LogP contribution in [0.25, 0.3) is 0 Å². The van der Waals surface area contributed by atoms with Gasteiger partial charge in [0.15, 0.2) is 11.5 Å². The van der Waals surface area contributed by atoms with Crippen LogP contribution in [-0.2, 0) is 28.7 Å². The van der Waals surface area contributed by atoms with Gasteiger partial charge < -0.3 is 28.8 Å². The van der Waals surface area contributed by atoms with Crippen LogP contribution in [0.3, 0.4) is 0 Å². The first-order chi connectivity index (χ1) is 19.2. The summed E-state index contributed by atoms with van der Waals surface area (Å²) in [6.07, 6.45) is -0.278. The lowest BCUT2D eigenvalue weighted by Crippen LogP contribution is -2.34. The molecule has 0 aliphatic rings. The monoisotopic (exact) mass is 572 g/mol. The van der Waals surface area contributed by atoms with Crippen LogP contribution in [0.2, 0.25) is 0 Å². The number of carbonyl (C=O) groups excluding carboxylic acids is 5. The first kappa shape index (κ1) is 33.0. The smallest absolute Gasteiger partial charge is 0.338 e. The molecule has 0 amide bonds. The third-order valence-electron chi connectivity index (χ3n) is 6.22. The Hall–Kier alpha value is -4.25. The van der Waals surface area contributed by atoms with Crippen LogP contribution in [-0.4, -0.2) is 54.3 Å². The number of hydrogen-bond acceptors (Lipinski definition) is 11. The zero-order valence-corrected chi connectivity index (χ0v) is 24.1. The summed E-state index contributed by atoms with van der Waals surface area (Å²) < 4.78 is 25.6. The molecule has 0 aliphatic heterocycles. The second-order valence-electron chi connectivity index (χ2n) is 9.86. The summed E-state index contributed by atoms with van der Waals surface area (Å²) in [4.78, 5) is 60.3. The van der Waals surface area contributed by atoms with E-state index in [4.69, 9.17) is 23.7 Å². The van der Waals surface area contributed by atoms with E-state index < -0.39 is 54.6 Å². The molecule has 0 bridgehead atoms. The lowest BCUT2D eigenvalue weighted by Gasteiger charge is -2.29. The Bertz CT molecular complexity index is 1220. The van der Waals surface area contributed by atoms with E-state index in [-0.39, 0.29) is 28.7 Å². The van der Waals surface area contributed by atoms with Crippen molar-refractivity contribution in [3.05, 3.63) is 53.6 Å². The van der Waals surface area contributed by atoms with Crippen LogP contribution in [0.15, 0.2) is 42.5 Å². The standard InChI is InChI=1S/C30H36O11/c1-7-30(6,15-18(2)22-11-9-8-10-12-22)29(36)38-17-24(34)16-37-28(35)23-13-25(39-19(3)31)27(41-21(5)33)26(14-23)40-20(4)32/h8-14,18,24,34H,7,15-17H2,1-6H3. The maximum absolute atomic E-state index is 12.9. The van der Waals surface area contributed by atoms with E-state index in [9.17, 15) is 29.1 Å². The highest BCUT2D eigenvalue weighted by Crippen LogP contribution is 2.40. The Labute approximate surface area is 238 Å². The second kappa shape index (κ2) is 14.9. The van der Waals surface area contributed by atoms with Crippen molar-refractivity contribution in [3.63, 3.8) is 0 Å². The molecule has 0 heterocycles. The largest absolute Gasteiger partial charge is 0.462 e. The predicted octanol–water partition coefficient (Wildman–Crippen LogP) is 4.13. The molecule has 0 saturated carbocycles. The van der Waals surface area contributed by atoms with Crippen LogP contribution in [0.1, 0.15) is 76.2 Å². The van der Waals surface area contributed by atoms with Crippen LogP contribution < -0.4 is 14.2 Å². The van der Waals surface area contributed by atoms with Crippen molar-refractivity contribution < 1.29 is 52.8 Å². The van der Waals surface area contributed by atoms with Gasteiger partial charge >= 0.3 is 29.8 Å². The van der Waals surface area contributed by atoms with Gasteiger partial charge in [0, 0.05) is 20.8 Å². The summed E-state index contributed by atoms with van der Waals surface area (Å²) in [7, 11) is 0. The Kier molecular flexibility index (Phi) is 12.0. The van der Waals surface area contributed by atoms with Crippen LogP contribution in [0.4, 0.5) is 0 Å². The summed E-state index contributed by atoms with van der Waals surface area (Å²) in [6, 6.07) is 11.9. The number of rotatable bonds is 13. The summed E-state index contributed by atoms with van der Waals surface area (Å²) in [5.74, 6) is -4.87. The number of esters is 5. The number of carbonyl (C=O) groups is 5. The summed E-state index contributed by atoms with van der Waals surface area (Å²) in [5, 5.41) is 10.3. The number of aliphatic hydroxyl groups excluding tert-OH is 1. The molecular weight excluding hydrogens is 536 g/mol.